The molecule has 0 unspecified atom stereocenters. The van der Waals surface area contributed by atoms with Crippen LogP contribution < -0.4 is 4.74 Å². The lowest BCUT2D eigenvalue weighted by atomic mass is 10.1. The maximum atomic E-state index is 11.1. The summed E-state index contributed by atoms with van der Waals surface area (Å²) in [6, 6.07) is 7.41. The van der Waals surface area contributed by atoms with Crippen LogP contribution in [0.15, 0.2) is 30.5 Å². The predicted octanol–water partition coefficient (Wildman–Crippen LogP) is 2.29. The quantitative estimate of drug-likeness (QED) is 0.801. The second-order valence-corrected chi connectivity index (χ2v) is 4.85. The molecule has 3 rings (SSSR count). The zero-order valence-corrected chi connectivity index (χ0v) is 12.0. The van der Waals surface area contributed by atoms with Crippen LogP contribution >= 0.6 is 0 Å². The molecule has 0 aliphatic rings. The van der Waals surface area contributed by atoms with Gasteiger partial charge in [0.2, 0.25) is 0 Å². The van der Waals surface area contributed by atoms with Crippen LogP contribution in [0.1, 0.15) is 10.5 Å². The average molecular weight is 285 g/mol. The van der Waals surface area contributed by atoms with Gasteiger partial charge < -0.3 is 14.4 Å². The van der Waals surface area contributed by atoms with Crippen molar-refractivity contribution in [2.45, 2.75) is 0 Å². The van der Waals surface area contributed by atoms with Gasteiger partial charge in [-0.25, -0.2) is 4.79 Å². The molecule has 0 fully saturated rings. The highest BCUT2D eigenvalue weighted by molar-refractivity contribution is 5.99. The van der Waals surface area contributed by atoms with Crippen LogP contribution in [0.3, 0.4) is 0 Å². The van der Waals surface area contributed by atoms with Crippen LogP contribution in [0.2, 0.25) is 0 Å². The van der Waals surface area contributed by atoms with Gasteiger partial charge >= 0.3 is 5.97 Å². The molecular formula is C15H15N3O3. The molecule has 3 aromatic rings. The minimum Gasteiger partial charge on any atom is -0.496 e. The number of carboxylic acid groups (broad SMARTS) is 1. The van der Waals surface area contributed by atoms with E-state index in [-0.39, 0.29) is 5.69 Å². The van der Waals surface area contributed by atoms with Gasteiger partial charge in [-0.05, 0) is 24.3 Å². The van der Waals surface area contributed by atoms with Gasteiger partial charge in [-0.3, -0.25) is 4.68 Å². The fourth-order valence-corrected chi connectivity index (χ4v) is 2.57. The number of aromatic nitrogens is 3. The van der Waals surface area contributed by atoms with Crippen LogP contribution in [0.4, 0.5) is 0 Å². The molecule has 0 radical (unpaired) electrons. The number of hydrogen-bond acceptors (Lipinski definition) is 3. The van der Waals surface area contributed by atoms with Gasteiger partial charge in [0, 0.05) is 31.2 Å². The molecule has 0 saturated heterocycles. The highest BCUT2D eigenvalue weighted by atomic mass is 16.5. The molecule has 0 saturated carbocycles. The van der Waals surface area contributed by atoms with Gasteiger partial charge in [-0.1, -0.05) is 0 Å². The second kappa shape index (κ2) is 4.66. The van der Waals surface area contributed by atoms with E-state index in [1.807, 2.05) is 36.0 Å². The normalized spacial score (nSPS) is 11.0. The summed E-state index contributed by atoms with van der Waals surface area (Å²) in [4.78, 5) is 11.1. The number of aryl methyl sites for hydroxylation is 2. The molecule has 0 bridgehead atoms. The molecule has 2 aromatic heterocycles. The third kappa shape index (κ3) is 1.96. The van der Waals surface area contributed by atoms with Crippen molar-refractivity contribution >= 4 is 16.9 Å². The molecule has 6 nitrogen and oxygen atoms in total. The first-order valence-corrected chi connectivity index (χ1v) is 6.42. The van der Waals surface area contributed by atoms with Crippen LogP contribution in [-0.4, -0.2) is 32.5 Å². The minimum absolute atomic E-state index is 0.0162. The third-order valence-electron chi connectivity index (χ3n) is 3.60. The van der Waals surface area contributed by atoms with Crippen molar-refractivity contribution in [2.24, 2.45) is 14.1 Å². The third-order valence-corrected chi connectivity index (χ3v) is 3.60. The van der Waals surface area contributed by atoms with Crippen molar-refractivity contribution in [3.8, 4) is 17.0 Å². The average Bonchev–Trinajstić information content (AvgIpc) is 3.02. The summed E-state index contributed by atoms with van der Waals surface area (Å²) in [7, 11) is 5.29. The zero-order valence-electron chi connectivity index (χ0n) is 12.0. The fourth-order valence-electron chi connectivity index (χ4n) is 2.57. The molecule has 0 atom stereocenters. The van der Waals surface area contributed by atoms with Crippen molar-refractivity contribution in [3.63, 3.8) is 0 Å². The summed E-state index contributed by atoms with van der Waals surface area (Å²) < 4.78 is 9.01. The first-order chi connectivity index (χ1) is 10.0. The molecular weight excluding hydrogens is 270 g/mol. The van der Waals surface area contributed by atoms with E-state index in [0.29, 0.717) is 11.4 Å². The van der Waals surface area contributed by atoms with E-state index < -0.39 is 5.97 Å². The smallest absolute Gasteiger partial charge is 0.356 e. The van der Waals surface area contributed by atoms with Crippen LogP contribution in [0.5, 0.6) is 5.75 Å². The number of aromatic carboxylic acids is 1. The lowest BCUT2D eigenvalue weighted by Crippen LogP contribution is -1.99. The Balaban J connectivity index is 2.35. The van der Waals surface area contributed by atoms with Gasteiger partial charge in [-0.2, -0.15) is 5.10 Å². The predicted molar refractivity (Wildman–Crippen MR) is 78.6 cm³/mol. The number of ether oxygens (including phenoxy) is 1. The lowest BCUT2D eigenvalue weighted by Gasteiger charge is -2.10. The summed E-state index contributed by atoms with van der Waals surface area (Å²) in [5.41, 5.74) is 2.62. The van der Waals surface area contributed by atoms with Crippen LogP contribution in [0, 0.1) is 0 Å². The molecule has 0 aliphatic heterocycles. The van der Waals surface area contributed by atoms with Gasteiger partial charge in [-0.15, -0.1) is 0 Å². The summed E-state index contributed by atoms with van der Waals surface area (Å²) >= 11 is 0. The van der Waals surface area contributed by atoms with E-state index in [1.54, 1.807) is 24.9 Å². The molecule has 6 heteroatoms. The first kappa shape index (κ1) is 13.2. The monoisotopic (exact) mass is 285 g/mol. The summed E-state index contributed by atoms with van der Waals surface area (Å²) in [6.45, 7) is 0. The lowest BCUT2D eigenvalue weighted by molar-refractivity contribution is 0.0689. The number of carboxylic acids is 1. The Morgan fingerprint density at radius 2 is 2.05 bits per heavy atom. The van der Waals surface area contributed by atoms with Crippen molar-refractivity contribution in [2.75, 3.05) is 7.11 Å². The highest BCUT2D eigenvalue weighted by Crippen LogP contribution is 2.37. The number of fused-ring (bicyclic) bond motifs is 1. The van der Waals surface area contributed by atoms with Gasteiger partial charge in [0.1, 0.15) is 5.75 Å². The number of methoxy groups -OCH3 is 1. The fraction of sp³-hybridized carbons (Fsp3) is 0.200. The summed E-state index contributed by atoms with van der Waals surface area (Å²) in [6.07, 6.45) is 1.96. The number of rotatable bonds is 3. The number of benzene rings is 1. The topological polar surface area (TPSA) is 69.3 Å². The van der Waals surface area contributed by atoms with E-state index in [2.05, 4.69) is 5.10 Å². The molecule has 108 valence electrons. The number of hydrogen-bond donors (Lipinski definition) is 1. The Morgan fingerprint density at radius 1 is 1.29 bits per heavy atom. The SMILES string of the molecule is COc1ccc2c(ccn2C)c1-c1cc(C(=O)O)nn1C. The second-order valence-electron chi connectivity index (χ2n) is 4.85. The number of nitrogens with zero attached hydrogens (tertiary/aromatic N) is 3. The zero-order chi connectivity index (χ0) is 15.1. The van der Waals surface area contributed by atoms with Gasteiger partial charge in [0.05, 0.1) is 18.4 Å². The Kier molecular flexibility index (Phi) is 2.94. The van der Waals surface area contributed by atoms with Crippen LogP contribution in [0.25, 0.3) is 22.2 Å². The molecule has 0 aliphatic carbocycles. The standard InChI is InChI=1S/C15H15N3O3/c1-17-7-6-9-11(17)4-5-13(21-3)14(9)12-8-10(15(19)20)16-18(12)2/h4-8H,1-3H3,(H,19,20). The highest BCUT2D eigenvalue weighted by Gasteiger charge is 2.19. The molecule has 0 amide bonds. The Labute approximate surface area is 121 Å². The largest absolute Gasteiger partial charge is 0.496 e. The molecule has 21 heavy (non-hydrogen) atoms. The minimum atomic E-state index is -1.05. The van der Waals surface area contributed by atoms with Gasteiger partial charge in [0.15, 0.2) is 5.69 Å². The summed E-state index contributed by atoms with van der Waals surface area (Å²) in [5.74, 6) is -0.357. The molecule has 0 spiro atoms. The number of carbonyl (C=O) groups is 1. The Morgan fingerprint density at radius 3 is 2.67 bits per heavy atom. The van der Waals surface area contributed by atoms with Crippen molar-refractivity contribution < 1.29 is 14.6 Å². The molecule has 1 aromatic carbocycles. The van der Waals surface area contributed by atoms with Crippen molar-refractivity contribution in [1.82, 2.24) is 14.3 Å². The Bertz CT molecular complexity index is 845. The molecule has 1 N–H and O–H groups in total. The van der Waals surface area contributed by atoms with Gasteiger partial charge in [0.25, 0.3) is 0 Å². The maximum absolute atomic E-state index is 11.1. The van der Waals surface area contributed by atoms with Crippen molar-refractivity contribution in [1.29, 1.82) is 0 Å². The van der Waals surface area contributed by atoms with E-state index in [0.717, 1.165) is 16.5 Å². The first-order valence-electron chi connectivity index (χ1n) is 6.42. The van der Waals surface area contributed by atoms with Crippen LogP contribution in [-0.2, 0) is 14.1 Å². The van der Waals surface area contributed by atoms with E-state index in [9.17, 15) is 4.79 Å². The molecule has 2 heterocycles. The maximum Gasteiger partial charge on any atom is 0.356 e. The van der Waals surface area contributed by atoms with E-state index in [4.69, 9.17) is 9.84 Å². The summed E-state index contributed by atoms with van der Waals surface area (Å²) in [5, 5.41) is 14.1. The van der Waals surface area contributed by atoms with E-state index >= 15 is 0 Å². The van der Waals surface area contributed by atoms with Crippen molar-refractivity contribution in [3.05, 3.63) is 36.2 Å². The van der Waals surface area contributed by atoms with E-state index in [1.165, 1.54) is 0 Å². The Hall–Kier alpha value is -2.76.